The van der Waals surface area contributed by atoms with Crippen molar-refractivity contribution in [1.82, 2.24) is 14.8 Å². The average molecular weight is 593 g/mol. The second kappa shape index (κ2) is 11.9. The van der Waals surface area contributed by atoms with E-state index < -0.39 is 45.1 Å². The fourth-order valence-corrected chi connectivity index (χ4v) is 5.62. The summed E-state index contributed by atoms with van der Waals surface area (Å²) in [6, 6.07) is 16.6. The molecule has 0 spiro atoms. The van der Waals surface area contributed by atoms with Crippen LogP contribution in [0.4, 0.5) is 18.9 Å². The summed E-state index contributed by atoms with van der Waals surface area (Å²) in [7, 11) is -4.87. The molecule has 2 heterocycles. The van der Waals surface area contributed by atoms with Crippen molar-refractivity contribution in [3.63, 3.8) is 0 Å². The number of esters is 1. The number of aryl methyl sites for hydroxylation is 1. The molecule has 5 rings (SSSR count). The molecule has 0 atom stereocenters. The zero-order valence-electron chi connectivity index (χ0n) is 22.1. The van der Waals surface area contributed by atoms with Gasteiger partial charge < -0.3 is 4.74 Å². The largest absolute Gasteiger partial charge is 0.440 e. The molecule has 42 heavy (non-hydrogen) atoms. The van der Waals surface area contributed by atoms with E-state index in [-0.39, 0.29) is 22.5 Å². The monoisotopic (exact) mass is 592 g/mol. The van der Waals surface area contributed by atoms with Crippen LogP contribution in [0.2, 0.25) is 0 Å². The van der Waals surface area contributed by atoms with Gasteiger partial charge >= 0.3 is 5.97 Å². The number of ether oxygens (including phenoxy) is 1. The minimum atomic E-state index is -4.87. The number of hydrogen-bond donors (Lipinski definition) is 0. The van der Waals surface area contributed by atoms with Crippen molar-refractivity contribution in [2.45, 2.75) is 18.4 Å². The highest BCUT2D eigenvalue weighted by Gasteiger charge is 2.31. The predicted molar refractivity (Wildman–Crippen MR) is 149 cm³/mol. The van der Waals surface area contributed by atoms with Gasteiger partial charge in [-0.15, -0.1) is 0 Å². The molecule has 0 aliphatic carbocycles. The van der Waals surface area contributed by atoms with E-state index in [1.807, 2.05) is 6.92 Å². The fourth-order valence-electron chi connectivity index (χ4n) is 4.23. The quantitative estimate of drug-likeness (QED) is 0.153. The van der Waals surface area contributed by atoms with Crippen LogP contribution in [-0.2, 0) is 21.3 Å². The second-order valence-electron chi connectivity index (χ2n) is 9.00. The Morgan fingerprint density at radius 3 is 2.33 bits per heavy atom. The lowest BCUT2D eigenvalue weighted by Crippen LogP contribution is -2.35. The number of nitrogens with zero attached hydrogens (tertiary/aromatic N) is 4. The molecule has 0 unspecified atom stereocenters. The Hall–Kier alpha value is -4.97. The third-order valence-electron chi connectivity index (χ3n) is 6.35. The van der Waals surface area contributed by atoms with Gasteiger partial charge in [0.2, 0.25) is 0 Å². The van der Waals surface area contributed by atoms with E-state index in [9.17, 15) is 22.0 Å². The van der Waals surface area contributed by atoms with E-state index in [2.05, 4.69) is 10.1 Å². The first-order valence-corrected chi connectivity index (χ1v) is 14.1. The van der Waals surface area contributed by atoms with Crippen LogP contribution < -0.4 is 4.31 Å². The number of sulfonamides is 1. The summed E-state index contributed by atoms with van der Waals surface area (Å²) in [6.45, 7) is 1.40. The molecule has 2 aromatic heterocycles. The summed E-state index contributed by atoms with van der Waals surface area (Å²) in [6.07, 6.45) is 4.85. The maximum Gasteiger partial charge on any atom is 0.339 e. The number of pyridine rings is 1. The lowest BCUT2D eigenvalue weighted by atomic mass is 10.0. The first-order valence-electron chi connectivity index (χ1n) is 12.7. The lowest BCUT2D eigenvalue weighted by molar-refractivity contribution is 0.0520. The van der Waals surface area contributed by atoms with Crippen LogP contribution in [-0.4, -0.2) is 35.9 Å². The lowest BCUT2D eigenvalue weighted by Gasteiger charge is -2.25. The van der Waals surface area contributed by atoms with Crippen molar-refractivity contribution in [2.75, 3.05) is 11.0 Å². The summed E-state index contributed by atoms with van der Waals surface area (Å²) in [5, 5.41) is 4.49. The van der Waals surface area contributed by atoms with Crippen LogP contribution >= 0.6 is 0 Å². The van der Waals surface area contributed by atoms with Gasteiger partial charge in [-0.2, -0.15) is 5.10 Å². The number of rotatable bonds is 9. The average Bonchev–Trinajstić information content (AvgIpc) is 3.44. The van der Waals surface area contributed by atoms with Gasteiger partial charge in [0.1, 0.15) is 28.0 Å². The van der Waals surface area contributed by atoms with Crippen molar-refractivity contribution in [2.24, 2.45) is 0 Å². The minimum absolute atomic E-state index is 0.0687. The van der Waals surface area contributed by atoms with Gasteiger partial charge in [-0.3, -0.25) is 9.67 Å². The summed E-state index contributed by atoms with van der Waals surface area (Å²) < 4.78 is 79.1. The van der Waals surface area contributed by atoms with E-state index >= 15 is 4.39 Å². The van der Waals surface area contributed by atoms with Crippen LogP contribution in [0, 0.1) is 17.5 Å². The highest BCUT2D eigenvalue weighted by atomic mass is 32.2. The Bertz CT molecular complexity index is 1850. The standard InChI is InChI=1S/C30H23F3N4O4S/c1-2-36-18-25(20-12-14-34-15-13-20)29(35-36)24-17-23(9-11-26(24)32)37(19-41-30(38)21-6-4-3-5-7-21)42(39,40)28-16-22(31)8-10-27(28)33/h3-18H,2,19H2,1H3. The number of aromatic nitrogens is 3. The molecular weight excluding hydrogens is 569 g/mol. The van der Waals surface area contributed by atoms with E-state index in [1.54, 1.807) is 53.6 Å². The molecule has 214 valence electrons. The molecule has 0 aliphatic heterocycles. The zero-order chi connectivity index (χ0) is 29.9. The van der Waals surface area contributed by atoms with Crippen LogP contribution in [0.1, 0.15) is 17.3 Å². The molecule has 0 saturated carbocycles. The molecule has 0 N–H and O–H groups in total. The molecular formula is C30H23F3N4O4S. The van der Waals surface area contributed by atoms with E-state index in [1.165, 1.54) is 18.2 Å². The number of carbonyl (C=O) groups is 1. The summed E-state index contributed by atoms with van der Waals surface area (Å²) in [5.74, 6) is -3.80. The SMILES string of the molecule is CCn1cc(-c2ccncc2)c(-c2cc(N(COC(=O)c3ccccc3)S(=O)(=O)c3cc(F)ccc3F)ccc2F)n1. The summed E-state index contributed by atoms with van der Waals surface area (Å²) in [5.41, 5.74) is 1.34. The summed E-state index contributed by atoms with van der Waals surface area (Å²) >= 11 is 0. The van der Waals surface area contributed by atoms with Crippen molar-refractivity contribution in [1.29, 1.82) is 0 Å². The minimum Gasteiger partial charge on any atom is -0.440 e. The van der Waals surface area contributed by atoms with Gasteiger partial charge in [-0.05, 0) is 73.2 Å². The van der Waals surface area contributed by atoms with Gasteiger partial charge in [0, 0.05) is 36.3 Å². The molecule has 0 fully saturated rings. The molecule has 12 heteroatoms. The van der Waals surface area contributed by atoms with Crippen molar-refractivity contribution in [3.8, 4) is 22.4 Å². The third-order valence-corrected chi connectivity index (χ3v) is 8.12. The van der Waals surface area contributed by atoms with Crippen molar-refractivity contribution < 1.29 is 31.1 Å². The van der Waals surface area contributed by atoms with Crippen molar-refractivity contribution in [3.05, 3.63) is 120 Å². The zero-order valence-corrected chi connectivity index (χ0v) is 22.9. The first-order chi connectivity index (χ1) is 20.2. The number of benzene rings is 3. The maximum absolute atomic E-state index is 15.4. The molecule has 0 amide bonds. The van der Waals surface area contributed by atoms with Crippen molar-refractivity contribution >= 4 is 21.7 Å². The third kappa shape index (κ3) is 5.75. The predicted octanol–water partition coefficient (Wildman–Crippen LogP) is 6.06. The maximum atomic E-state index is 15.4. The molecule has 0 bridgehead atoms. The van der Waals surface area contributed by atoms with Gasteiger partial charge in [0.15, 0.2) is 6.73 Å². The smallest absolute Gasteiger partial charge is 0.339 e. The molecule has 8 nitrogen and oxygen atoms in total. The molecule has 3 aromatic carbocycles. The number of carbonyl (C=O) groups excluding carboxylic acids is 1. The van der Waals surface area contributed by atoms with Crippen LogP contribution in [0.25, 0.3) is 22.4 Å². The molecule has 0 radical (unpaired) electrons. The normalized spacial score (nSPS) is 11.3. The topological polar surface area (TPSA) is 94.4 Å². The van der Waals surface area contributed by atoms with E-state index in [0.717, 1.165) is 18.2 Å². The number of anilines is 1. The Balaban J connectivity index is 1.63. The first kappa shape index (κ1) is 28.6. The number of hydrogen-bond acceptors (Lipinski definition) is 6. The van der Waals surface area contributed by atoms with Crippen LogP contribution in [0.15, 0.2) is 102 Å². The second-order valence-corrected chi connectivity index (χ2v) is 10.8. The Labute approximate surface area is 239 Å². The molecule has 5 aromatic rings. The molecule has 0 saturated heterocycles. The van der Waals surface area contributed by atoms with Gasteiger partial charge in [0.05, 0.1) is 11.3 Å². The Morgan fingerprint density at radius 2 is 1.62 bits per heavy atom. The number of halogens is 3. The van der Waals surface area contributed by atoms with Gasteiger partial charge in [0.25, 0.3) is 10.0 Å². The van der Waals surface area contributed by atoms with E-state index in [0.29, 0.717) is 34.1 Å². The highest BCUT2D eigenvalue weighted by Crippen LogP contribution is 2.36. The fraction of sp³-hybridized carbons (Fsp3) is 0.100. The van der Waals surface area contributed by atoms with Gasteiger partial charge in [-0.25, -0.2) is 30.7 Å². The highest BCUT2D eigenvalue weighted by molar-refractivity contribution is 7.92. The Morgan fingerprint density at radius 1 is 0.905 bits per heavy atom. The van der Waals surface area contributed by atoms with Gasteiger partial charge in [-0.1, -0.05) is 18.2 Å². The molecule has 0 aliphatic rings. The van der Waals surface area contributed by atoms with Crippen LogP contribution in [0.3, 0.4) is 0 Å². The van der Waals surface area contributed by atoms with Crippen LogP contribution in [0.5, 0.6) is 0 Å². The van der Waals surface area contributed by atoms with E-state index in [4.69, 9.17) is 4.74 Å². The Kier molecular flexibility index (Phi) is 8.07. The summed E-state index contributed by atoms with van der Waals surface area (Å²) in [4.78, 5) is 15.7.